The van der Waals surface area contributed by atoms with Gasteiger partial charge in [-0.3, -0.25) is 0 Å². The number of carbonyl (C=O) groups excluding carboxylic acids is 1. The number of nitrogens with zero attached hydrogens (tertiary/aromatic N) is 4. The van der Waals surface area contributed by atoms with Crippen molar-refractivity contribution in [3.8, 4) is 10.4 Å². The number of hydrogen-bond donors (Lipinski definition) is 1. The average Bonchev–Trinajstić information content (AvgIpc) is 3.28. The van der Waals surface area contributed by atoms with Crippen molar-refractivity contribution in [3.63, 3.8) is 0 Å². The first-order chi connectivity index (χ1) is 17.2. The molecule has 186 valence electrons. The van der Waals surface area contributed by atoms with E-state index in [-0.39, 0.29) is 23.7 Å². The summed E-state index contributed by atoms with van der Waals surface area (Å²) >= 11 is 1.58. The van der Waals surface area contributed by atoms with E-state index >= 15 is 0 Å². The molecule has 1 atom stereocenters. The van der Waals surface area contributed by atoms with Gasteiger partial charge in [0.25, 0.3) is 0 Å². The Bertz CT molecular complexity index is 1410. The normalized spacial score (nSPS) is 16.2. The lowest BCUT2D eigenvalue weighted by Crippen LogP contribution is -2.63. The van der Waals surface area contributed by atoms with Gasteiger partial charge in [-0.05, 0) is 62.2 Å². The Morgan fingerprint density at radius 1 is 1.06 bits per heavy atom. The molecule has 0 unspecified atom stereocenters. The number of rotatable bonds is 4. The van der Waals surface area contributed by atoms with Gasteiger partial charge in [-0.25, -0.2) is 23.5 Å². The minimum absolute atomic E-state index is 0.182. The summed E-state index contributed by atoms with van der Waals surface area (Å²) in [6, 6.07) is 14.2. The van der Waals surface area contributed by atoms with E-state index in [9.17, 15) is 13.6 Å². The summed E-state index contributed by atoms with van der Waals surface area (Å²) < 4.78 is 28.0. The summed E-state index contributed by atoms with van der Waals surface area (Å²) in [7, 11) is 0. The largest absolute Gasteiger partial charge is 0.351 e. The number of carbonyl (C=O) groups is 1. The van der Waals surface area contributed by atoms with E-state index in [1.54, 1.807) is 41.9 Å². The van der Waals surface area contributed by atoms with Crippen LogP contribution in [0.1, 0.15) is 32.4 Å². The van der Waals surface area contributed by atoms with Crippen LogP contribution in [0.5, 0.6) is 0 Å². The predicted molar refractivity (Wildman–Crippen MR) is 139 cm³/mol. The molecule has 6 nitrogen and oxygen atoms in total. The lowest BCUT2D eigenvalue weighted by atomic mass is 9.99. The highest BCUT2D eigenvalue weighted by Gasteiger charge is 2.38. The highest BCUT2D eigenvalue weighted by Crippen LogP contribution is 2.38. The Balaban J connectivity index is 1.34. The van der Waals surface area contributed by atoms with Crippen LogP contribution in [0.15, 0.2) is 60.9 Å². The highest BCUT2D eigenvalue weighted by molar-refractivity contribution is 7.22. The van der Waals surface area contributed by atoms with Crippen LogP contribution in [0.2, 0.25) is 0 Å². The molecule has 36 heavy (non-hydrogen) atoms. The molecule has 0 spiro atoms. The SMILES string of the molecule is C[C@H](NC(=O)N1CCN(c2ncnc3cc(-c4ccc(F)cc4)sc23)CC1(C)C)c1cccc(F)c1. The second-order valence-electron chi connectivity index (χ2n) is 9.64. The van der Waals surface area contributed by atoms with E-state index in [1.165, 1.54) is 24.3 Å². The Morgan fingerprint density at radius 2 is 1.83 bits per heavy atom. The first kappa shape index (κ1) is 24.1. The molecule has 3 heterocycles. The Kier molecular flexibility index (Phi) is 6.34. The van der Waals surface area contributed by atoms with Crippen molar-refractivity contribution >= 4 is 33.4 Å². The summed E-state index contributed by atoms with van der Waals surface area (Å²) in [6.07, 6.45) is 1.56. The number of amides is 2. The smallest absolute Gasteiger partial charge is 0.318 e. The standard InChI is InChI=1S/C27H27F2N5OS/c1-17(19-5-4-6-21(29)13-19)32-26(35)34-12-11-33(15-27(34,2)3)25-24-22(30-16-31-25)14-23(36-24)18-7-9-20(28)10-8-18/h4-10,13-14,16-17H,11-12,15H2,1-3H3,(H,32,35)/t17-/m0/s1. The van der Waals surface area contributed by atoms with Crippen LogP contribution in [-0.2, 0) is 0 Å². The summed E-state index contributed by atoms with van der Waals surface area (Å²) in [5, 5.41) is 3.01. The van der Waals surface area contributed by atoms with Gasteiger partial charge in [0.15, 0.2) is 0 Å². The second kappa shape index (κ2) is 9.46. The molecule has 1 aliphatic heterocycles. The minimum Gasteiger partial charge on any atom is -0.351 e. The quantitative estimate of drug-likeness (QED) is 0.368. The molecule has 0 aliphatic carbocycles. The fourth-order valence-electron chi connectivity index (χ4n) is 4.66. The third-order valence-electron chi connectivity index (χ3n) is 6.56. The van der Waals surface area contributed by atoms with E-state index in [1.807, 2.05) is 31.7 Å². The van der Waals surface area contributed by atoms with E-state index in [4.69, 9.17) is 0 Å². The Hall–Kier alpha value is -3.59. The lowest BCUT2D eigenvalue weighted by molar-refractivity contribution is 0.121. The predicted octanol–water partition coefficient (Wildman–Crippen LogP) is 6.01. The molecule has 2 aromatic carbocycles. The van der Waals surface area contributed by atoms with Crippen LogP contribution in [0.3, 0.4) is 0 Å². The summed E-state index contributed by atoms with van der Waals surface area (Å²) in [6.45, 7) is 7.62. The van der Waals surface area contributed by atoms with E-state index in [0.29, 0.717) is 19.6 Å². The van der Waals surface area contributed by atoms with Gasteiger partial charge in [-0.15, -0.1) is 11.3 Å². The minimum atomic E-state index is -0.474. The molecule has 1 N–H and O–H groups in total. The molecule has 1 aliphatic rings. The Labute approximate surface area is 212 Å². The average molecular weight is 508 g/mol. The number of piperazine rings is 1. The maximum atomic E-state index is 13.6. The molecule has 0 radical (unpaired) electrons. The van der Waals surface area contributed by atoms with Crippen LogP contribution in [0, 0.1) is 11.6 Å². The molecule has 0 saturated carbocycles. The molecular weight excluding hydrogens is 480 g/mol. The number of aromatic nitrogens is 2. The van der Waals surface area contributed by atoms with Crippen molar-refractivity contribution < 1.29 is 13.6 Å². The van der Waals surface area contributed by atoms with Crippen molar-refractivity contribution in [1.82, 2.24) is 20.2 Å². The fourth-order valence-corrected chi connectivity index (χ4v) is 5.79. The number of halogens is 2. The number of nitrogens with one attached hydrogen (secondary N) is 1. The summed E-state index contributed by atoms with van der Waals surface area (Å²) in [5.41, 5.74) is 2.02. The maximum Gasteiger partial charge on any atom is 0.318 e. The number of urea groups is 1. The zero-order valence-electron chi connectivity index (χ0n) is 20.3. The third kappa shape index (κ3) is 4.75. The van der Waals surface area contributed by atoms with Crippen molar-refractivity contribution in [3.05, 3.63) is 78.1 Å². The van der Waals surface area contributed by atoms with E-state index in [2.05, 4.69) is 20.2 Å². The fraction of sp³-hybridized carbons (Fsp3) is 0.296. The van der Waals surface area contributed by atoms with E-state index < -0.39 is 5.54 Å². The molecule has 0 bridgehead atoms. The Morgan fingerprint density at radius 3 is 2.56 bits per heavy atom. The third-order valence-corrected chi connectivity index (χ3v) is 7.73. The van der Waals surface area contributed by atoms with Gasteiger partial charge in [0.1, 0.15) is 23.8 Å². The molecule has 1 fully saturated rings. The molecule has 2 amide bonds. The van der Waals surface area contributed by atoms with Gasteiger partial charge in [-0.1, -0.05) is 24.3 Å². The lowest BCUT2D eigenvalue weighted by Gasteiger charge is -2.47. The van der Waals surface area contributed by atoms with Crippen LogP contribution in [0.4, 0.5) is 19.4 Å². The summed E-state index contributed by atoms with van der Waals surface area (Å²) in [5.74, 6) is 0.240. The van der Waals surface area contributed by atoms with Gasteiger partial charge in [0.2, 0.25) is 0 Å². The van der Waals surface area contributed by atoms with Crippen molar-refractivity contribution in [2.24, 2.45) is 0 Å². The number of hydrogen-bond acceptors (Lipinski definition) is 5. The van der Waals surface area contributed by atoms with Gasteiger partial charge in [-0.2, -0.15) is 0 Å². The van der Waals surface area contributed by atoms with Crippen molar-refractivity contribution in [2.75, 3.05) is 24.5 Å². The topological polar surface area (TPSA) is 61.4 Å². The number of fused-ring (bicyclic) bond motifs is 1. The van der Waals surface area contributed by atoms with Crippen LogP contribution in [-0.4, -0.2) is 46.1 Å². The molecule has 9 heteroatoms. The molecule has 4 aromatic rings. The van der Waals surface area contributed by atoms with Gasteiger partial charge >= 0.3 is 6.03 Å². The number of benzene rings is 2. The van der Waals surface area contributed by atoms with Gasteiger partial charge in [0.05, 0.1) is 21.8 Å². The molecule has 1 saturated heterocycles. The van der Waals surface area contributed by atoms with Gasteiger partial charge in [0, 0.05) is 24.5 Å². The van der Waals surface area contributed by atoms with Crippen molar-refractivity contribution in [2.45, 2.75) is 32.4 Å². The number of anilines is 1. The maximum absolute atomic E-state index is 13.6. The van der Waals surface area contributed by atoms with E-state index in [0.717, 1.165) is 32.0 Å². The van der Waals surface area contributed by atoms with Crippen molar-refractivity contribution in [1.29, 1.82) is 0 Å². The van der Waals surface area contributed by atoms with Crippen LogP contribution < -0.4 is 10.2 Å². The second-order valence-corrected chi connectivity index (χ2v) is 10.7. The molecule has 2 aromatic heterocycles. The number of thiophene rings is 1. The molecule has 5 rings (SSSR count). The zero-order valence-corrected chi connectivity index (χ0v) is 21.1. The first-order valence-corrected chi connectivity index (χ1v) is 12.6. The highest BCUT2D eigenvalue weighted by atomic mass is 32.1. The monoisotopic (exact) mass is 507 g/mol. The summed E-state index contributed by atoms with van der Waals surface area (Å²) in [4.78, 5) is 27.2. The first-order valence-electron chi connectivity index (χ1n) is 11.8. The zero-order chi connectivity index (χ0) is 25.4. The van der Waals surface area contributed by atoms with Crippen LogP contribution >= 0.6 is 11.3 Å². The van der Waals surface area contributed by atoms with Crippen LogP contribution in [0.25, 0.3) is 20.7 Å². The van der Waals surface area contributed by atoms with Gasteiger partial charge < -0.3 is 15.1 Å². The molecular formula is C27H27F2N5OS.